The third-order valence-corrected chi connectivity index (χ3v) is 4.17. The van der Waals surface area contributed by atoms with Crippen LogP contribution in [0.2, 0.25) is 0 Å². The van der Waals surface area contributed by atoms with E-state index in [9.17, 15) is 14.4 Å². The molecule has 0 spiro atoms. The number of rotatable bonds is 6. The lowest BCUT2D eigenvalue weighted by Crippen LogP contribution is -2.40. The summed E-state index contributed by atoms with van der Waals surface area (Å²) in [5.41, 5.74) is 0.815. The van der Waals surface area contributed by atoms with Gasteiger partial charge in [-0.3, -0.25) is 9.59 Å². The molecule has 0 saturated heterocycles. The van der Waals surface area contributed by atoms with Gasteiger partial charge in [-0.15, -0.1) is 0 Å². The molecular weight excluding hydrogens is 370 g/mol. The molecule has 2 aromatic carbocycles. The van der Waals surface area contributed by atoms with Crippen molar-refractivity contribution in [3.05, 3.63) is 42.0 Å². The second kappa shape index (κ2) is 10.4. The zero-order chi connectivity index (χ0) is 20.6. The van der Waals surface area contributed by atoms with Crippen LogP contribution in [0.4, 0.5) is 0 Å². The number of methoxy groups -OCH3 is 1. The van der Waals surface area contributed by atoms with Crippen LogP contribution in [0.1, 0.15) is 25.3 Å². The van der Waals surface area contributed by atoms with E-state index in [4.69, 9.17) is 14.9 Å². The SMILES string of the molecule is CC(=O)NC(CS)C(=O)O.COc1ccc2cc(C(C)C(=O)O)ccc2c1. The summed E-state index contributed by atoms with van der Waals surface area (Å²) in [7, 11) is 1.63. The van der Waals surface area contributed by atoms with Gasteiger partial charge in [0.1, 0.15) is 11.8 Å². The topological polar surface area (TPSA) is 113 Å². The van der Waals surface area contributed by atoms with Crippen molar-refractivity contribution in [1.29, 1.82) is 0 Å². The summed E-state index contributed by atoms with van der Waals surface area (Å²) in [4.78, 5) is 31.4. The summed E-state index contributed by atoms with van der Waals surface area (Å²) in [5, 5.41) is 21.6. The minimum Gasteiger partial charge on any atom is -0.497 e. The van der Waals surface area contributed by atoms with E-state index in [0.717, 1.165) is 22.1 Å². The fourth-order valence-electron chi connectivity index (χ4n) is 2.21. The molecule has 2 aromatic rings. The average Bonchev–Trinajstić information content (AvgIpc) is 2.64. The third kappa shape index (κ3) is 6.82. The van der Waals surface area contributed by atoms with E-state index in [2.05, 4.69) is 17.9 Å². The maximum absolute atomic E-state index is 10.9. The molecule has 0 fully saturated rings. The molecule has 3 N–H and O–H groups in total. The van der Waals surface area contributed by atoms with Gasteiger partial charge >= 0.3 is 11.9 Å². The van der Waals surface area contributed by atoms with Crippen LogP contribution >= 0.6 is 12.6 Å². The van der Waals surface area contributed by atoms with Crippen LogP contribution in [-0.2, 0) is 14.4 Å². The Kier molecular flexibility index (Phi) is 8.61. The molecule has 0 aliphatic carbocycles. The van der Waals surface area contributed by atoms with E-state index >= 15 is 0 Å². The zero-order valence-electron chi connectivity index (χ0n) is 15.3. The molecule has 0 aliphatic rings. The maximum Gasteiger partial charge on any atom is 0.327 e. The van der Waals surface area contributed by atoms with Crippen molar-refractivity contribution in [2.24, 2.45) is 0 Å². The molecule has 0 bridgehead atoms. The van der Waals surface area contributed by atoms with Crippen molar-refractivity contribution in [1.82, 2.24) is 5.32 Å². The van der Waals surface area contributed by atoms with Gasteiger partial charge < -0.3 is 20.3 Å². The first-order valence-electron chi connectivity index (χ1n) is 8.10. The normalized spacial score (nSPS) is 12.3. The lowest BCUT2D eigenvalue weighted by Gasteiger charge is -2.08. The molecular formula is C19H23NO6S. The number of carbonyl (C=O) groups is 3. The largest absolute Gasteiger partial charge is 0.497 e. The van der Waals surface area contributed by atoms with Gasteiger partial charge in [-0.25, -0.2) is 4.79 Å². The van der Waals surface area contributed by atoms with E-state index in [1.165, 1.54) is 6.92 Å². The Labute approximate surface area is 162 Å². The second-order valence-electron chi connectivity index (χ2n) is 5.81. The number of benzene rings is 2. The molecule has 2 unspecified atom stereocenters. The van der Waals surface area contributed by atoms with Crippen molar-refractivity contribution < 1.29 is 29.3 Å². The fourth-order valence-corrected chi connectivity index (χ4v) is 2.46. The molecule has 1 amide bonds. The zero-order valence-corrected chi connectivity index (χ0v) is 16.2. The molecule has 0 aromatic heterocycles. The minimum absolute atomic E-state index is 0.106. The van der Waals surface area contributed by atoms with Crippen LogP contribution in [0.25, 0.3) is 10.8 Å². The summed E-state index contributed by atoms with van der Waals surface area (Å²) in [5.74, 6) is -1.81. The summed E-state index contributed by atoms with van der Waals surface area (Å²) in [6, 6.07) is 10.6. The van der Waals surface area contributed by atoms with E-state index < -0.39 is 23.9 Å². The van der Waals surface area contributed by atoms with Crippen molar-refractivity contribution >= 4 is 41.2 Å². The van der Waals surface area contributed by atoms with Gasteiger partial charge in [0.2, 0.25) is 5.91 Å². The summed E-state index contributed by atoms with van der Waals surface area (Å²) >= 11 is 3.73. The second-order valence-corrected chi connectivity index (χ2v) is 6.17. The molecule has 8 heteroatoms. The van der Waals surface area contributed by atoms with E-state index in [-0.39, 0.29) is 11.7 Å². The highest BCUT2D eigenvalue weighted by Gasteiger charge is 2.15. The van der Waals surface area contributed by atoms with Gasteiger partial charge in [-0.1, -0.05) is 24.3 Å². The number of carboxylic acids is 2. The standard InChI is InChI=1S/C14H14O3.C5H9NO3S/c1-9(14(15)16)10-3-4-12-8-13(17-2)6-5-11(12)7-10;1-3(7)6-4(2-10)5(8)9/h3-9H,1-2H3,(H,15,16);4,10H,2H2,1H3,(H,6,7)(H,8,9). The molecule has 0 saturated carbocycles. The van der Waals surface area contributed by atoms with Crippen molar-refractivity contribution in [3.8, 4) is 5.75 Å². The Morgan fingerprint density at radius 3 is 2.11 bits per heavy atom. The van der Waals surface area contributed by atoms with E-state index in [1.54, 1.807) is 14.0 Å². The highest BCUT2D eigenvalue weighted by molar-refractivity contribution is 7.80. The van der Waals surface area contributed by atoms with E-state index in [1.807, 2.05) is 36.4 Å². The van der Waals surface area contributed by atoms with Crippen molar-refractivity contribution in [2.75, 3.05) is 12.9 Å². The van der Waals surface area contributed by atoms with Crippen LogP contribution in [0.15, 0.2) is 36.4 Å². The fraction of sp³-hybridized carbons (Fsp3) is 0.316. The van der Waals surface area contributed by atoms with Crippen molar-refractivity contribution in [3.63, 3.8) is 0 Å². The molecule has 0 heterocycles. The van der Waals surface area contributed by atoms with Crippen LogP contribution in [0, 0.1) is 0 Å². The average molecular weight is 393 g/mol. The number of aliphatic carboxylic acids is 2. The molecule has 0 radical (unpaired) electrons. The van der Waals surface area contributed by atoms with Gasteiger partial charge in [-0.2, -0.15) is 12.6 Å². The molecule has 2 atom stereocenters. The highest BCUT2D eigenvalue weighted by atomic mass is 32.1. The number of carboxylic acid groups (broad SMARTS) is 2. The van der Waals surface area contributed by atoms with Gasteiger partial charge in [0.05, 0.1) is 13.0 Å². The van der Waals surface area contributed by atoms with Gasteiger partial charge in [0.15, 0.2) is 0 Å². The van der Waals surface area contributed by atoms with Crippen LogP contribution in [-0.4, -0.2) is 47.0 Å². The molecule has 146 valence electrons. The third-order valence-electron chi connectivity index (χ3n) is 3.80. The first kappa shape index (κ1) is 22.3. The molecule has 2 rings (SSSR count). The van der Waals surface area contributed by atoms with Gasteiger partial charge in [0, 0.05) is 12.7 Å². The molecule has 7 nitrogen and oxygen atoms in total. The highest BCUT2D eigenvalue weighted by Crippen LogP contribution is 2.25. The Balaban J connectivity index is 0.000000314. The number of carbonyl (C=O) groups excluding carboxylic acids is 1. The Bertz CT molecular complexity index is 823. The lowest BCUT2D eigenvalue weighted by atomic mass is 9.98. The summed E-state index contributed by atoms with van der Waals surface area (Å²) in [6.45, 7) is 2.95. The first-order chi connectivity index (χ1) is 12.7. The first-order valence-corrected chi connectivity index (χ1v) is 8.74. The summed E-state index contributed by atoms with van der Waals surface area (Å²) in [6.07, 6.45) is 0. The number of amides is 1. The summed E-state index contributed by atoms with van der Waals surface area (Å²) < 4.78 is 5.14. The van der Waals surface area contributed by atoms with Gasteiger partial charge in [-0.05, 0) is 35.4 Å². The Morgan fingerprint density at radius 1 is 1.07 bits per heavy atom. The predicted octanol–water partition coefficient (Wildman–Crippen LogP) is 2.54. The van der Waals surface area contributed by atoms with Gasteiger partial charge in [0.25, 0.3) is 0 Å². The predicted molar refractivity (Wildman–Crippen MR) is 106 cm³/mol. The number of thiol groups is 1. The maximum atomic E-state index is 10.9. The van der Waals surface area contributed by atoms with Crippen molar-refractivity contribution in [2.45, 2.75) is 25.8 Å². The Hall–Kier alpha value is -2.74. The van der Waals surface area contributed by atoms with Crippen LogP contribution in [0.5, 0.6) is 5.75 Å². The lowest BCUT2D eigenvalue weighted by molar-refractivity contribution is -0.140. The monoisotopic (exact) mass is 393 g/mol. The minimum atomic E-state index is -1.06. The number of fused-ring (bicyclic) bond motifs is 1. The number of hydrogen-bond acceptors (Lipinski definition) is 5. The molecule has 27 heavy (non-hydrogen) atoms. The smallest absolute Gasteiger partial charge is 0.327 e. The molecule has 0 aliphatic heterocycles. The van der Waals surface area contributed by atoms with Crippen LogP contribution < -0.4 is 10.1 Å². The van der Waals surface area contributed by atoms with E-state index in [0.29, 0.717) is 0 Å². The quantitative estimate of drug-likeness (QED) is 0.561. The number of ether oxygens (including phenoxy) is 1. The van der Waals surface area contributed by atoms with Crippen LogP contribution in [0.3, 0.4) is 0 Å². The number of nitrogens with one attached hydrogen (secondary N) is 1. The Morgan fingerprint density at radius 2 is 1.67 bits per heavy atom. The number of hydrogen-bond donors (Lipinski definition) is 4.